The molecule has 33 heavy (non-hydrogen) atoms. The van der Waals surface area contributed by atoms with Crippen molar-refractivity contribution in [3.05, 3.63) is 35.9 Å². The molecule has 0 amide bonds. The topological polar surface area (TPSA) is 0 Å². The summed E-state index contributed by atoms with van der Waals surface area (Å²) in [6.45, 7) is 14.0. The molecule has 0 bridgehead atoms. The zero-order valence-electron chi connectivity index (χ0n) is 22.5. The third-order valence-electron chi connectivity index (χ3n) is 12.4. The van der Waals surface area contributed by atoms with E-state index in [0.717, 1.165) is 46.6 Å². The largest absolute Gasteiger partial charge is 0.0711 e. The molecule has 4 aliphatic rings. The molecular formula is C31H52Si2. The van der Waals surface area contributed by atoms with Crippen LogP contribution in [0.1, 0.15) is 95.5 Å². The molecule has 1 aromatic rings. The molecule has 4 saturated carbocycles. The lowest BCUT2D eigenvalue weighted by molar-refractivity contribution is 0.121. The monoisotopic (exact) mass is 480 g/mol. The fourth-order valence-corrected chi connectivity index (χ4v) is 24.0. The molecule has 0 nitrogen and oxygen atoms in total. The molecule has 0 N–H and O–H groups in total. The van der Waals surface area contributed by atoms with Crippen LogP contribution >= 0.6 is 0 Å². The fraction of sp³-hybridized carbons (Fsp3) is 0.806. The highest BCUT2D eigenvalue weighted by Gasteiger charge is 2.59. The average Bonchev–Trinajstić information content (AvgIpc) is 3.55. The van der Waals surface area contributed by atoms with E-state index >= 15 is 0 Å². The summed E-state index contributed by atoms with van der Waals surface area (Å²) in [5.74, 6) is 6.03. The zero-order chi connectivity index (χ0) is 23.2. The first kappa shape index (κ1) is 24.4. The molecule has 4 aliphatic carbocycles. The van der Waals surface area contributed by atoms with Crippen LogP contribution in [0.4, 0.5) is 0 Å². The van der Waals surface area contributed by atoms with E-state index in [1.54, 1.807) is 44.1 Å². The van der Waals surface area contributed by atoms with Gasteiger partial charge in [-0.3, -0.25) is 0 Å². The van der Waals surface area contributed by atoms with Crippen molar-refractivity contribution in [1.82, 2.24) is 0 Å². The Kier molecular flexibility index (Phi) is 7.09. The van der Waals surface area contributed by atoms with Gasteiger partial charge in [0.2, 0.25) is 0 Å². The standard InChI is InChI=1S/C31H52Si2/c1-6-7-12-23-17-18-26(21-23)32(2,3)33(4,5)30-20-19-28-29(30)22-25-15-11-16-27(25)31(28)24-13-9-8-10-14-24/h8-10,13-14,23,25-31H,6-7,11-12,15-22H2,1-5H3. The molecule has 8 atom stereocenters. The third kappa shape index (κ3) is 4.28. The van der Waals surface area contributed by atoms with Gasteiger partial charge in [0.05, 0.1) is 0 Å². The predicted molar refractivity (Wildman–Crippen MR) is 150 cm³/mol. The van der Waals surface area contributed by atoms with Crippen LogP contribution in [0.2, 0.25) is 37.3 Å². The fourth-order valence-electron chi connectivity index (χ4n) is 9.94. The summed E-state index contributed by atoms with van der Waals surface area (Å²) < 4.78 is 0. The molecule has 4 fully saturated rings. The van der Waals surface area contributed by atoms with Crippen molar-refractivity contribution >= 4 is 15.2 Å². The van der Waals surface area contributed by atoms with Crippen molar-refractivity contribution in [3.63, 3.8) is 0 Å². The van der Waals surface area contributed by atoms with E-state index < -0.39 is 15.2 Å². The molecule has 8 unspecified atom stereocenters. The second-order valence-electron chi connectivity index (χ2n) is 14.0. The number of rotatable bonds is 7. The van der Waals surface area contributed by atoms with Gasteiger partial charge in [0.25, 0.3) is 0 Å². The van der Waals surface area contributed by atoms with Crippen molar-refractivity contribution in [3.8, 4) is 0 Å². The first-order chi connectivity index (χ1) is 15.8. The van der Waals surface area contributed by atoms with Crippen LogP contribution in [-0.4, -0.2) is 15.2 Å². The van der Waals surface area contributed by atoms with E-state index in [2.05, 4.69) is 63.4 Å². The summed E-state index contributed by atoms with van der Waals surface area (Å²) in [5.41, 5.74) is 3.95. The van der Waals surface area contributed by atoms with Gasteiger partial charge in [0.1, 0.15) is 0 Å². The minimum Gasteiger partial charge on any atom is -0.0711 e. The number of fused-ring (bicyclic) bond motifs is 2. The van der Waals surface area contributed by atoms with Gasteiger partial charge in [-0.25, -0.2) is 0 Å². The third-order valence-corrected chi connectivity index (χ3v) is 33.2. The molecule has 0 aliphatic heterocycles. The normalized spacial score (nSPS) is 38.9. The number of hydrogen-bond donors (Lipinski definition) is 0. The van der Waals surface area contributed by atoms with Crippen LogP contribution in [-0.2, 0) is 0 Å². The summed E-state index contributed by atoms with van der Waals surface area (Å²) in [5, 5.41) is 0. The van der Waals surface area contributed by atoms with Gasteiger partial charge in [0, 0.05) is 15.2 Å². The van der Waals surface area contributed by atoms with Gasteiger partial charge < -0.3 is 0 Å². The van der Waals surface area contributed by atoms with Crippen molar-refractivity contribution in [2.75, 3.05) is 0 Å². The van der Waals surface area contributed by atoms with E-state index in [0.29, 0.717) is 0 Å². The van der Waals surface area contributed by atoms with Crippen LogP contribution in [0.15, 0.2) is 30.3 Å². The van der Waals surface area contributed by atoms with Crippen molar-refractivity contribution < 1.29 is 0 Å². The first-order valence-electron chi connectivity index (χ1n) is 14.9. The summed E-state index contributed by atoms with van der Waals surface area (Å²) in [4.78, 5) is 0. The molecule has 2 heteroatoms. The highest BCUT2D eigenvalue weighted by molar-refractivity contribution is 7.41. The molecule has 0 aromatic heterocycles. The van der Waals surface area contributed by atoms with Gasteiger partial charge in [-0.1, -0.05) is 121 Å². The van der Waals surface area contributed by atoms with Gasteiger partial charge in [-0.05, 0) is 71.4 Å². The summed E-state index contributed by atoms with van der Waals surface area (Å²) in [6.07, 6.45) is 18.4. The lowest BCUT2D eigenvalue weighted by atomic mass is 9.62. The van der Waals surface area contributed by atoms with Crippen LogP contribution < -0.4 is 0 Å². The second-order valence-corrected chi connectivity index (χ2v) is 30.2. The highest BCUT2D eigenvalue weighted by Crippen LogP contribution is 2.65. The molecule has 0 spiro atoms. The lowest BCUT2D eigenvalue weighted by Crippen LogP contribution is -2.61. The Morgan fingerprint density at radius 3 is 2.30 bits per heavy atom. The average molecular weight is 481 g/mol. The van der Waals surface area contributed by atoms with Crippen molar-refractivity contribution in [1.29, 1.82) is 0 Å². The van der Waals surface area contributed by atoms with Crippen LogP contribution in [0, 0.1) is 29.6 Å². The van der Waals surface area contributed by atoms with E-state index in [9.17, 15) is 0 Å². The zero-order valence-corrected chi connectivity index (χ0v) is 24.5. The van der Waals surface area contributed by atoms with E-state index in [-0.39, 0.29) is 0 Å². The molecular weight excluding hydrogens is 429 g/mol. The minimum absolute atomic E-state index is 0.877. The molecule has 0 saturated heterocycles. The van der Waals surface area contributed by atoms with Crippen LogP contribution in [0.5, 0.6) is 0 Å². The molecule has 1 aromatic carbocycles. The van der Waals surface area contributed by atoms with Crippen molar-refractivity contribution in [2.45, 2.75) is 127 Å². The van der Waals surface area contributed by atoms with E-state index in [4.69, 9.17) is 0 Å². The molecule has 5 rings (SSSR count). The van der Waals surface area contributed by atoms with Gasteiger partial charge in [-0.2, -0.15) is 0 Å². The second kappa shape index (κ2) is 9.60. The van der Waals surface area contributed by atoms with Gasteiger partial charge in [0.15, 0.2) is 0 Å². The maximum absolute atomic E-state index is 2.91. The van der Waals surface area contributed by atoms with E-state index in [1.807, 2.05) is 0 Å². The quantitative estimate of drug-likeness (QED) is 0.340. The van der Waals surface area contributed by atoms with Crippen LogP contribution in [0.25, 0.3) is 0 Å². The van der Waals surface area contributed by atoms with Gasteiger partial charge in [-0.15, -0.1) is 0 Å². The number of hydrogen-bond acceptors (Lipinski definition) is 0. The Balaban J connectivity index is 1.37. The van der Waals surface area contributed by atoms with Crippen molar-refractivity contribution in [2.24, 2.45) is 29.6 Å². The molecule has 184 valence electrons. The van der Waals surface area contributed by atoms with Crippen LogP contribution in [0.3, 0.4) is 0 Å². The Morgan fingerprint density at radius 1 is 0.758 bits per heavy atom. The summed E-state index contributed by atoms with van der Waals surface area (Å²) in [6, 6.07) is 11.9. The summed E-state index contributed by atoms with van der Waals surface area (Å²) >= 11 is 0. The maximum Gasteiger partial charge on any atom is 0.0448 e. The SMILES string of the molecule is CCCCC1CCC([Si](C)(C)[Si](C)(C)C2CCC3C2CC2CCCC2C3c2ccccc2)C1. The Bertz CT molecular complexity index is 783. The highest BCUT2D eigenvalue weighted by atomic mass is 29.3. The first-order valence-corrected chi connectivity index (χ1v) is 22.0. The Morgan fingerprint density at radius 2 is 1.55 bits per heavy atom. The smallest absolute Gasteiger partial charge is 0.0448 e. The summed E-state index contributed by atoms with van der Waals surface area (Å²) in [7, 11) is -2.48. The number of unbranched alkanes of at least 4 members (excludes halogenated alkanes) is 1. The molecule has 0 radical (unpaired) electrons. The Hall–Kier alpha value is -0.346. The lowest BCUT2D eigenvalue weighted by Gasteiger charge is -2.52. The van der Waals surface area contributed by atoms with Gasteiger partial charge >= 0.3 is 0 Å². The predicted octanol–water partition coefficient (Wildman–Crippen LogP) is 9.84. The minimum atomic E-state index is -1.27. The molecule has 0 heterocycles. The Labute approximate surface area is 207 Å². The number of benzene rings is 1. The maximum atomic E-state index is 2.91. The van der Waals surface area contributed by atoms with E-state index in [1.165, 1.54) is 38.5 Å².